The molecule has 22 heavy (non-hydrogen) atoms. The van der Waals surface area contributed by atoms with Crippen molar-refractivity contribution < 1.29 is 4.74 Å². The molecule has 0 spiro atoms. The Morgan fingerprint density at radius 3 is 2.55 bits per heavy atom. The van der Waals surface area contributed by atoms with Crippen molar-refractivity contribution in [3.05, 3.63) is 40.4 Å². The second-order valence-electron chi connectivity index (χ2n) is 5.35. The molecule has 1 fully saturated rings. The summed E-state index contributed by atoms with van der Waals surface area (Å²) in [6, 6.07) is 6.57. The lowest BCUT2D eigenvalue weighted by atomic mass is 9.97. The largest absolute Gasteiger partial charge is 0.496 e. The first-order chi connectivity index (χ1) is 9.61. The van der Waals surface area contributed by atoms with Crippen LogP contribution in [0.25, 0.3) is 0 Å². The van der Waals surface area contributed by atoms with Gasteiger partial charge in [0.25, 0.3) is 0 Å². The standard InChI is InChI=1S/C16H23BrN2O.2ClH/c1-12(2)10-15(19-8-6-18-7-9-19)14-11-13(17)4-5-16(14)20-3;;/h4-5,11,15,18H,1,6-10H2,2-3H3;2*1H/t15-;;/m1../s1. The van der Waals surface area contributed by atoms with Gasteiger partial charge in [-0.1, -0.05) is 21.5 Å². The fourth-order valence-corrected chi connectivity index (χ4v) is 3.10. The monoisotopic (exact) mass is 410 g/mol. The molecular formula is C16H25BrCl2N2O. The molecule has 1 aromatic rings. The predicted octanol–water partition coefficient (Wildman–Crippen LogP) is 4.21. The van der Waals surface area contributed by atoms with Crippen molar-refractivity contribution in [2.45, 2.75) is 19.4 Å². The van der Waals surface area contributed by atoms with Gasteiger partial charge in [-0.25, -0.2) is 0 Å². The summed E-state index contributed by atoms with van der Waals surface area (Å²) in [5.41, 5.74) is 2.45. The number of rotatable bonds is 5. The lowest BCUT2D eigenvalue weighted by molar-refractivity contribution is 0.169. The molecule has 0 aliphatic carbocycles. The van der Waals surface area contributed by atoms with Crippen LogP contribution in [0.5, 0.6) is 5.75 Å². The van der Waals surface area contributed by atoms with E-state index < -0.39 is 0 Å². The van der Waals surface area contributed by atoms with E-state index in [-0.39, 0.29) is 24.8 Å². The number of nitrogens with one attached hydrogen (secondary N) is 1. The zero-order chi connectivity index (χ0) is 14.5. The number of ether oxygens (including phenoxy) is 1. The van der Waals surface area contributed by atoms with Crippen LogP contribution in [-0.4, -0.2) is 38.2 Å². The molecule has 1 saturated heterocycles. The molecule has 2 rings (SSSR count). The third kappa shape index (κ3) is 5.74. The van der Waals surface area contributed by atoms with E-state index in [9.17, 15) is 0 Å². The molecule has 1 aliphatic rings. The van der Waals surface area contributed by atoms with Crippen molar-refractivity contribution in [3.63, 3.8) is 0 Å². The van der Waals surface area contributed by atoms with Crippen molar-refractivity contribution in [2.75, 3.05) is 33.3 Å². The molecule has 1 N–H and O–H groups in total. The van der Waals surface area contributed by atoms with Crippen LogP contribution in [-0.2, 0) is 0 Å². The summed E-state index contributed by atoms with van der Waals surface area (Å²) in [4.78, 5) is 2.52. The first-order valence-corrected chi connectivity index (χ1v) is 7.83. The maximum Gasteiger partial charge on any atom is 0.123 e. The van der Waals surface area contributed by atoms with Gasteiger partial charge in [0.1, 0.15) is 5.75 Å². The smallest absolute Gasteiger partial charge is 0.123 e. The molecule has 0 saturated carbocycles. The van der Waals surface area contributed by atoms with Gasteiger partial charge in [0.15, 0.2) is 0 Å². The average molecular weight is 412 g/mol. The zero-order valence-corrected chi connectivity index (χ0v) is 16.3. The van der Waals surface area contributed by atoms with E-state index in [1.165, 1.54) is 11.1 Å². The fraction of sp³-hybridized carbons (Fsp3) is 0.500. The molecular weight excluding hydrogens is 387 g/mol. The second-order valence-corrected chi connectivity index (χ2v) is 6.26. The van der Waals surface area contributed by atoms with Gasteiger partial charge in [0.05, 0.1) is 7.11 Å². The van der Waals surface area contributed by atoms with Gasteiger partial charge in [-0.2, -0.15) is 0 Å². The van der Waals surface area contributed by atoms with E-state index in [1.54, 1.807) is 7.11 Å². The molecule has 0 aromatic heterocycles. The van der Waals surface area contributed by atoms with Crippen molar-refractivity contribution in [2.24, 2.45) is 0 Å². The van der Waals surface area contributed by atoms with Crippen LogP contribution in [0.3, 0.4) is 0 Å². The SMILES string of the molecule is C=C(C)C[C@H](c1cc(Br)ccc1OC)N1CCNCC1.Cl.Cl. The number of methoxy groups -OCH3 is 1. The Hall–Kier alpha value is -0.260. The van der Waals surface area contributed by atoms with Crippen LogP contribution in [0.2, 0.25) is 0 Å². The molecule has 1 atom stereocenters. The third-order valence-corrected chi connectivity index (χ3v) is 4.18. The molecule has 3 nitrogen and oxygen atoms in total. The van der Waals surface area contributed by atoms with Crippen molar-refractivity contribution >= 4 is 40.7 Å². The Morgan fingerprint density at radius 1 is 1.36 bits per heavy atom. The summed E-state index contributed by atoms with van der Waals surface area (Å²) in [5, 5.41) is 3.41. The molecule has 0 radical (unpaired) electrons. The normalized spacial score (nSPS) is 16.1. The molecule has 0 unspecified atom stereocenters. The summed E-state index contributed by atoms with van der Waals surface area (Å²) in [5.74, 6) is 0.956. The third-order valence-electron chi connectivity index (χ3n) is 3.68. The lowest BCUT2D eigenvalue weighted by Gasteiger charge is -2.36. The van der Waals surface area contributed by atoms with E-state index in [4.69, 9.17) is 4.74 Å². The number of hydrogen-bond donors (Lipinski definition) is 1. The minimum atomic E-state index is 0. The molecule has 6 heteroatoms. The van der Waals surface area contributed by atoms with E-state index in [0.717, 1.165) is 42.8 Å². The van der Waals surface area contributed by atoms with Gasteiger partial charge in [-0.3, -0.25) is 4.90 Å². The van der Waals surface area contributed by atoms with E-state index in [2.05, 4.69) is 45.7 Å². The average Bonchev–Trinajstić information content (AvgIpc) is 2.45. The van der Waals surface area contributed by atoms with Gasteiger partial charge in [0, 0.05) is 42.3 Å². The van der Waals surface area contributed by atoms with Gasteiger partial charge >= 0.3 is 0 Å². The number of nitrogens with zero attached hydrogens (tertiary/aromatic N) is 1. The summed E-state index contributed by atoms with van der Waals surface area (Å²) < 4.78 is 6.65. The van der Waals surface area contributed by atoms with Crippen LogP contribution in [0.15, 0.2) is 34.8 Å². The van der Waals surface area contributed by atoms with E-state index >= 15 is 0 Å². The van der Waals surface area contributed by atoms with Gasteiger partial charge in [-0.15, -0.1) is 31.4 Å². The van der Waals surface area contributed by atoms with Crippen LogP contribution >= 0.6 is 40.7 Å². The minimum Gasteiger partial charge on any atom is -0.496 e. The minimum absolute atomic E-state index is 0. The Kier molecular flexibility index (Phi) is 10.4. The fourth-order valence-electron chi connectivity index (χ4n) is 2.73. The first kappa shape index (κ1) is 21.7. The highest BCUT2D eigenvalue weighted by Crippen LogP contribution is 2.35. The van der Waals surface area contributed by atoms with Crippen LogP contribution in [0.4, 0.5) is 0 Å². The van der Waals surface area contributed by atoms with Crippen LogP contribution in [0.1, 0.15) is 24.9 Å². The first-order valence-electron chi connectivity index (χ1n) is 7.04. The van der Waals surface area contributed by atoms with Crippen molar-refractivity contribution in [1.82, 2.24) is 10.2 Å². The summed E-state index contributed by atoms with van der Waals surface area (Å²) in [6.07, 6.45) is 0.965. The molecule has 0 amide bonds. The molecule has 1 heterocycles. The van der Waals surface area contributed by atoms with E-state index in [1.807, 2.05) is 12.1 Å². The number of benzene rings is 1. The van der Waals surface area contributed by atoms with Crippen molar-refractivity contribution in [1.29, 1.82) is 0 Å². The van der Waals surface area contributed by atoms with Crippen molar-refractivity contribution in [3.8, 4) is 5.75 Å². The Bertz CT molecular complexity index is 479. The number of piperazine rings is 1. The highest BCUT2D eigenvalue weighted by Gasteiger charge is 2.25. The predicted molar refractivity (Wildman–Crippen MR) is 102 cm³/mol. The highest BCUT2D eigenvalue weighted by atomic mass is 79.9. The lowest BCUT2D eigenvalue weighted by Crippen LogP contribution is -2.45. The van der Waals surface area contributed by atoms with E-state index in [0.29, 0.717) is 6.04 Å². The Morgan fingerprint density at radius 2 is 2.00 bits per heavy atom. The quantitative estimate of drug-likeness (QED) is 0.734. The molecule has 1 aromatic carbocycles. The van der Waals surface area contributed by atoms with Crippen LogP contribution in [0, 0.1) is 0 Å². The summed E-state index contributed by atoms with van der Waals surface area (Å²) in [6.45, 7) is 10.4. The molecule has 1 aliphatic heterocycles. The maximum absolute atomic E-state index is 5.56. The highest BCUT2D eigenvalue weighted by molar-refractivity contribution is 9.10. The maximum atomic E-state index is 5.56. The molecule has 0 bridgehead atoms. The number of hydrogen-bond acceptors (Lipinski definition) is 3. The van der Waals surface area contributed by atoms with Gasteiger partial charge in [0.2, 0.25) is 0 Å². The summed E-state index contributed by atoms with van der Waals surface area (Å²) >= 11 is 3.58. The number of halogens is 3. The van der Waals surface area contributed by atoms with Crippen LogP contribution < -0.4 is 10.1 Å². The zero-order valence-electron chi connectivity index (χ0n) is 13.1. The van der Waals surface area contributed by atoms with Gasteiger partial charge in [-0.05, 0) is 31.5 Å². The second kappa shape index (κ2) is 10.5. The molecule has 126 valence electrons. The Balaban J connectivity index is 0.00000220. The summed E-state index contributed by atoms with van der Waals surface area (Å²) in [7, 11) is 1.74. The Labute approximate surface area is 154 Å². The topological polar surface area (TPSA) is 24.5 Å². The van der Waals surface area contributed by atoms with Gasteiger partial charge < -0.3 is 10.1 Å².